The molecule has 8 heavy (non-hydrogen) atoms. The maximum Gasteiger partial charge on any atom is 0 e. The zero-order valence-corrected chi connectivity index (χ0v) is 6.18. The van der Waals surface area contributed by atoms with Crippen LogP contribution in [0.4, 0.5) is 0 Å². The largest absolute Gasteiger partial charge is 0.106 e. The van der Waals surface area contributed by atoms with Gasteiger partial charge in [-0.05, 0) is 5.30 Å². The van der Waals surface area contributed by atoms with Crippen molar-refractivity contribution < 1.29 is 37.7 Å². The van der Waals surface area contributed by atoms with Gasteiger partial charge in [0.05, 0.1) is 0 Å². The monoisotopic (exact) mass is 150 g/mol. The molecule has 0 spiro atoms. The van der Waals surface area contributed by atoms with Gasteiger partial charge in [0.2, 0.25) is 0 Å². The molecule has 0 fully saturated rings. The SMILES string of the molecule is Pc1ccccc1.[Ar]. The zero-order valence-electron chi connectivity index (χ0n) is 4.32. The summed E-state index contributed by atoms with van der Waals surface area (Å²) in [5.74, 6) is 0. The van der Waals surface area contributed by atoms with Crippen LogP contribution in [-0.2, 0) is 0 Å². The third-order valence-corrected chi connectivity index (χ3v) is 1.18. The smallest absolute Gasteiger partial charge is 0 e. The molecule has 0 aliphatic carbocycles. The Kier molecular flexibility index (Phi) is 5.30. The standard InChI is InChI=1S/C6H7P.Ar/c7-6-4-2-1-3-5-6;/h1-5H,7H2;. The van der Waals surface area contributed by atoms with Crippen LogP contribution in [0.2, 0.25) is 0 Å². The van der Waals surface area contributed by atoms with Crippen LogP contribution in [0.5, 0.6) is 0 Å². The Morgan fingerprint density at radius 2 is 1.50 bits per heavy atom. The Morgan fingerprint density at radius 1 is 1.00 bits per heavy atom. The van der Waals surface area contributed by atoms with Crippen molar-refractivity contribution >= 4 is 14.5 Å². The molecule has 2 heteroatoms. The first-order chi connectivity index (χ1) is 3.39. The minimum absolute atomic E-state index is 0. The van der Waals surface area contributed by atoms with Crippen LogP contribution in [0.1, 0.15) is 0 Å². The van der Waals surface area contributed by atoms with E-state index in [0.29, 0.717) is 0 Å². The van der Waals surface area contributed by atoms with Crippen molar-refractivity contribution in [3.05, 3.63) is 30.3 Å². The van der Waals surface area contributed by atoms with Crippen LogP contribution < -0.4 is 5.30 Å². The van der Waals surface area contributed by atoms with Gasteiger partial charge in [-0.1, -0.05) is 30.3 Å². The quantitative estimate of drug-likeness (QED) is 0.487. The molecule has 1 unspecified atom stereocenters. The average molecular weight is 150 g/mol. The molecule has 0 aliphatic rings. The van der Waals surface area contributed by atoms with Crippen LogP contribution in [0.3, 0.4) is 0 Å². The second-order valence-corrected chi connectivity index (χ2v) is 2.08. The molecule has 44 valence electrons. The summed E-state index contributed by atoms with van der Waals surface area (Å²) in [5.41, 5.74) is 0. The molecule has 0 aromatic heterocycles. The summed E-state index contributed by atoms with van der Waals surface area (Å²) < 4.78 is 0. The Bertz CT molecular complexity index is 138. The van der Waals surface area contributed by atoms with Crippen molar-refractivity contribution in [1.29, 1.82) is 0 Å². The minimum atomic E-state index is 0. The summed E-state index contributed by atoms with van der Waals surface area (Å²) in [5, 5.41) is 1.24. The van der Waals surface area contributed by atoms with Gasteiger partial charge in [-0.15, -0.1) is 9.24 Å². The normalized spacial score (nSPS) is 7.62. The van der Waals surface area contributed by atoms with Crippen LogP contribution >= 0.6 is 9.24 Å². The average Bonchev–Trinajstić information content (AvgIpc) is 1.69. The van der Waals surface area contributed by atoms with Crippen molar-refractivity contribution in [3.63, 3.8) is 0 Å². The second-order valence-electron chi connectivity index (χ2n) is 1.41. The van der Waals surface area contributed by atoms with E-state index < -0.39 is 0 Å². The van der Waals surface area contributed by atoms with Crippen LogP contribution in [0, 0.1) is 37.7 Å². The van der Waals surface area contributed by atoms with Gasteiger partial charge in [-0.2, -0.15) is 0 Å². The molecule has 0 aliphatic heterocycles. The van der Waals surface area contributed by atoms with Crippen LogP contribution in [0.25, 0.3) is 0 Å². The summed E-state index contributed by atoms with van der Waals surface area (Å²) in [7, 11) is 2.63. The van der Waals surface area contributed by atoms with Gasteiger partial charge in [0.25, 0.3) is 0 Å². The summed E-state index contributed by atoms with van der Waals surface area (Å²) in [6.07, 6.45) is 0. The van der Waals surface area contributed by atoms with E-state index in [0.717, 1.165) is 0 Å². The molecule has 1 atom stereocenters. The number of rotatable bonds is 0. The van der Waals surface area contributed by atoms with Gasteiger partial charge in [0.1, 0.15) is 0 Å². The predicted molar refractivity (Wildman–Crippen MR) is 35.8 cm³/mol. The molecule has 0 nitrogen and oxygen atoms in total. The third-order valence-electron chi connectivity index (χ3n) is 0.800. The maximum atomic E-state index is 2.63. The van der Waals surface area contributed by atoms with Crippen molar-refractivity contribution in [1.82, 2.24) is 0 Å². The molecule has 0 bridgehead atoms. The summed E-state index contributed by atoms with van der Waals surface area (Å²) >= 11 is 0. The van der Waals surface area contributed by atoms with Gasteiger partial charge in [-0.25, -0.2) is 0 Å². The molecular weight excluding hydrogens is 143 g/mol. The summed E-state index contributed by atoms with van der Waals surface area (Å²) in [4.78, 5) is 0. The molecular formula is C6H7ArP. The molecule has 0 heterocycles. The van der Waals surface area contributed by atoms with E-state index >= 15 is 0 Å². The first-order valence-corrected chi connectivity index (χ1v) is 2.78. The molecule has 0 N–H and O–H groups in total. The molecule has 1 aromatic rings. The van der Waals surface area contributed by atoms with Gasteiger partial charge in [-0.3, -0.25) is 0 Å². The Hall–Kier alpha value is 0.910. The van der Waals surface area contributed by atoms with Crippen molar-refractivity contribution in [3.8, 4) is 0 Å². The molecule has 0 radical (unpaired) electrons. The van der Waals surface area contributed by atoms with E-state index in [4.69, 9.17) is 0 Å². The van der Waals surface area contributed by atoms with Gasteiger partial charge < -0.3 is 0 Å². The van der Waals surface area contributed by atoms with Gasteiger partial charge in [0, 0.05) is 37.7 Å². The van der Waals surface area contributed by atoms with E-state index in [1.165, 1.54) is 5.30 Å². The first kappa shape index (κ1) is 8.91. The Labute approximate surface area is 81.9 Å². The van der Waals surface area contributed by atoms with Gasteiger partial charge >= 0.3 is 0 Å². The summed E-state index contributed by atoms with van der Waals surface area (Å²) in [6.45, 7) is 0. The molecule has 1 aromatic carbocycles. The van der Waals surface area contributed by atoms with Gasteiger partial charge in [0.15, 0.2) is 0 Å². The Morgan fingerprint density at radius 3 is 1.75 bits per heavy atom. The molecule has 0 saturated heterocycles. The first-order valence-electron chi connectivity index (χ1n) is 2.20. The van der Waals surface area contributed by atoms with Crippen LogP contribution in [0.15, 0.2) is 30.3 Å². The number of hydrogen-bond acceptors (Lipinski definition) is 0. The fraction of sp³-hybridized carbons (Fsp3) is 0. The fourth-order valence-corrected chi connectivity index (χ4v) is 0.675. The molecule has 0 amide bonds. The molecule has 1 rings (SSSR count). The topological polar surface area (TPSA) is 0 Å². The van der Waals surface area contributed by atoms with Crippen molar-refractivity contribution in [2.24, 2.45) is 0 Å². The number of benzene rings is 1. The predicted octanol–water partition coefficient (Wildman–Crippen LogP) is 1.19. The van der Waals surface area contributed by atoms with E-state index in [2.05, 4.69) is 9.24 Å². The third kappa shape index (κ3) is 3.04. The summed E-state index contributed by atoms with van der Waals surface area (Å²) in [6, 6.07) is 10.1. The zero-order chi connectivity index (χ0) is 5.11. The van der Waals surface area contributed by atoms with E-state index in [1.54, 1.807) is 0 Å². The van der Waals surface area contributed by atoms with Crippen molar-refractivity contribution in [2.75, 3.05) is 0 Å². The van der Waals surface area contributed by atoms with E-state index in [9.17, 15) is 0 Å². The minimum Gasteiger partial charge on any atom is -0.106 e. The van der Waals surface area contributed by atoms with E-state index in [-0.39, 0.29) is 37.7 Å². The second kappa shape index (κ2) is 4.76. The Balaban J connectivity index is 0.000000490. The van der Waals surface area contributed by atoms with Crippen LogP contribution in [-0.4, -0.2) is 0 Å². The fourth-order valence-electron chi connectivity index (χ4n) is 0.453. The van der Waals surface area contributed by atoms with E-state index in [1.807, 2.05) is 30.3 Å². The molecule has 0 saturated carbocycles. The number of hydrogen-bond donors (Lipinski definition) is 0. The van der Waals surface area contributed by atoms with Crippen molar-refractivity contribution in [2.45, 2.75) is 0 Å². The maximum absolute atomic E-state index is 2.63.